The molecule has 0 aliphatic carbocycles. The molecule has 0 spiro atoms. The topological polar surface area (TPSA) is 38.3 Å². The monoisotopic (exact) mass is 301 g/mol. The molecule has 100 valence electrons. The Labute approximate surface area is 112 Å². The van der Waals surface area contributed by atoms with Gasteiger partial charge in [0.15, 0.2) is 0 Å². The highest BCUT2D eigenvalue weighted by Gasteiger charge is 2.38. The summed E-state index contributed by atoms with van der Waals surface area (Å²) in [6, 6.07) is 2.61. The van der Waals surface area contributed by atoms with E-state index in [4.69, 9.17) is 11.6 Å². The number of benzene rings is 1. The average Bonchev–Trinajstić information content (AvgIpc) is 2.63. The molecule has 1 heterocycles. The van der Waals surface area contributed by atoms with E-state index in [0.29, 0.717) is 0 Å². The number of nitrogens with one attached hydrogen (secondary N) is 1. The lowest BCUT2D eigenvalue weighted by Gasteiger charge is -2.17. The molecule has 2 rings (SSSR count). The van der Waals surface area contributed by atoms with Crippen molar-refractivity contribution in [2.75, 3.05) is 6.61 Å². The molecule has 0 unspecified atom stereocenters. The third-order valence-corrected chi connectivity index (χ3v) is 2.71. The van der Waals surface area contributed by atoms with E-state index < -0.39 is 23.9 Å². The Bertz CT molecular complexity index is 465. The zero-order valence-corrected chi connectivity index (χ0v) is 10.3. The molecule has 0 bridgehead atoms. The van der Waals surface area contributed by atoms with E-state index in [1.165, 1.54) is 12.1 Å². The fourth-order valence-corrected chi connectivity index (χ4v) is 1.98. The first kappa shape index (κ1) is 14.9. The fourth-order valence-electron chi connectivity index (χ4n) is 1.68. The number of ether oxygens (including phenoxy) is 1. The first-order valence-corrected chi connectivity index (χ1v) is 5.06. The summed E-state index contributed by atoms with van der Waals surface area (Å²) in [6.07, 6.45) is -5.27. The van der Waals surface area contributed by atoms with Crippen LogP contribution in [0.5, 0.6) is 0 Å². The summed E-state index contributed by atoms with van der Waals surface area (Å²) in [5.41, 5.74) is -1.02. The predicted octanol–water partition coefficient (Wildman–Crippen LogP) is 3.56. The molecule has 0 saturated carbocycles. The highest BCUT2D eigenvalue weighted by Crippen LogP contribution is 2.38. The maximum atomic E-state index is 12.8. The molecule has 8 heteroatoms. The van der Waals surface area contributed by atoms with Crippen molar-refractivity contribution < 1.29 is 22.7 Å². The van der Waals surface area contributed by atoms with Gasteiger partial charge in [-0.2, -0.15) is 13.2 Å². The first-order chi connectivity index (χ1) is 7.89. The van der Waals surface area contributed by atoms with Gasteiger partial charge in [0.1, 0.15) is 6.61 Å². The van der Waals surface area contributed by atoms with Gasteiger partial charge in [0.05, 0.1) is 11.6 Å². The van der Waals surface area contributed by atoms with Crippen LogP contribution in [0.1, 0.15) is 17.2 Å². The molecule has 0 aromatic heterocycles. The summed E-state index contributed by atoms with van der Waals surface area (Å²) in [7, 11) is 0. The van der Waals surface area contributed by atoms with Crippen LogP contribution in [0.4, 0.5) is 18.0 Å². The predicted molar refractivity (Wildman–Crippen MR) is 60.9 cm³/mol. The van der Waals surface area contributed by atoms with Gasteiger partial charge >= 0.3 is 12.3 Å². The van der Waals surface area contributed by atoms with E-state index in [1.54, 1.807) is 0 Å². The molecule has 1 fully saturated rings. The zero-order valence-electron chi connectivity index (χ0n) is 8.75. The zero-order chi connectivity index (χ0) is 12.6. The molecule has 1 aliphatic heterocycles. The van der Waals surface area contributed by atoms with Gasteiger partial charge < -0.3 is 10.1 Å². The molecule has 0 radical (unpaired) electrons. The van der Waals surface area contributed by atoms with Gasteiger partial charge in [-0.3, -0.25) is 0 Å². The third kappa shape index (κ3) is 2.81. The average molecular weight is 302 g/mol. The van der Waals surface area contributed by atoms with Crippen LogP contribution in [-0.2, 0) is 10.9 Å². The van der Waals surface area contributed by atoms with Crippen LogP contribution in [0, 0.1) is 0 Å². The third-order valence-electron chi connectivity index (χ3n) is 2.38. The fraction of sp³-hybridized carbons (Fsp3) is 0.300. The van der Waals surface area contributed by atoms with Gasteiger partial charge in [-0.05, 0) is 12.1 Å². The lowest BCUT2D eigenvalue weighted by molar-refractivity contribution is -0.138. The Hall–Kier alpha value is -1.14. The molecule has 1 aliphatic rings. The normalized spacial score (nSPS) is 18.9. The van der Waals surface area contributed by atoms with Gasteiger partial charge in [-0.1, -0.05) is 17.7 Å². The van der Waals surface area contributed by atoms with Crippen molar-refractivity contribution in [3.05, 3.63) is 34.3 Å². The van der Waals surface area contributed by atoms with Crippen LogP contribution >= 0.6 is 24.0 Å². The summed E-state index contributed by atoms with van der Waals surface area (Å²) < 4.78 is 42.9. The SMILES string of the molecule is Cl.O=C1N[C@@H](c2c(Cl)cccc2C(F)(F)F)CO1. The number of hydrogen-bond donors (Lipinski definition) is 1. The molecule has 1 amide bonds. The van der Waals surface area contributed by atoms with Gasteiger partial charge in [0.2, 0.25) is 0 Å². The van der Waals surface area contributed by atoms with Crippen LogP contribution < -0.4 is 5.32 Å². The number of hydrogen-bond acceptors (Lipinski definition) is 2. The molecular formula is C10H8Cl2F3NO2. The van der Waals surface area contributed by atoms with E-state index >= 15 is 0 Å². The molecule has 1 N–H and O–H groups in total. The summed E-state index contributed by atoms with van der Waals surface area (Å²) in [5.74, 6) is 0. The molecule has 1 aromatic carbocycles. The number of alkyl carbamates (subject to hydrolysis) is 1. The number of carbonyl (C=O) groups is 1. The number of halogens is 5. The summed E-state index contributed by atoms with van der Waals surface area (Å²) in [4.78, 5) is 10.8. The van der Waals surface area contributed by atoms with E-state index in [1.807, 2.05) is 0 Å². The minimum Gasteiger partial charge on any atom is -0.447 e. The summed E-state index contributed by atoms with van der Waals surface area (Å²) in [5, 5.41) is 2.23. The Morgan fingerprint density at radius 1 is 1.39 bits per heavy atom. The van der Waals surface area contributed by atoms with Gasteiger partial charge in [0.25, 0.3) is 0 Å². The van der Waals surface area contributed by atoms with Crippen molar-refractivity contribution in [3.63, 3.8) is 0 Å². The number of alkyl halides is 3. The minimum absolute atomic E-state index is 0. The second kappa shape index (κ2) is 5.24. The molecular weight excluding hydrogens is 294 g/mol. The summed E-state index contributed by atoms with van der Waals surface area (Å²) in [6.45, 7) is -0.161. The largest absolute Gasteiger partial charge is 0.447 e. The second-order valence-corrected chi connectivity index (χ2v) is 3.90. The number of cyclic esters (lactones) is 1. The van der Waals surface area contributed by atoms with Crippen LogP contribution in [-0.4, -0.2) is 12.7 Å². The van der Waals surface area contributed by atoms with Gasteiger partial charge in [-0.15, -0.1) is 12.4 Å². The maximum Gasteiger partial charge on any atom is 0.416 e. The van der Waals surface area contributed by atoms with Crippen molar-refractivity contribution >= 4 is 30.1 Å². The van der Waals surface area contributed by atoms with Crippen LogP contribution in [0.15, 0.2) is 18.2 Å². The van der Waals surface area contributed by atoms with Crippen molar-refractivity contribution in [3.8, 4) is 0 Å². The van der Waals surface area contributed by atoms with E-state index in [9.17, 15) is 18.0 Å². The highest BCUT2D eigenvalue weighted by atomic mass is 35.5. The van der Waals surface area contributed by atoms with Gasteiger partial charge in [0, 0.05) is 10.6 Å². The van der Waals surface area contributed by atoms with Crippen LogP contribution in [0.3, 0.4) is 0 Å². The van der Waals surface area contributed by atoms with Crippen molar-refractivity contribution in [1.29, 1.82) is 0 Å². The molecule has 1 saturated heterocycles. The Balaban J connectivity index is 0.00000162. The Morgan fingerprint density at radius 3 is 2.56 bits per heavy atom. The highest BCUT2D eigenvalue weighted by molar-refractivity contribution is 6.31. The van der Waals surface area contributed by atoms with E-state index in [0.717, 1.165) is 6.07 Å². The van der Waals surface area contributed by atoms with E-state index in [-0.39, 0.29) is 29.6 Å². The number of rotatable bonds is 1. The van der Waals surface area contributed by atoms with Crippen molar-refractivity contribution in [1.82, 2.24) is 5.32 Å². The standard InChI is InChI=1S/C10H7ClF3NO2.ClH/c11-6-3-1-2-5(10(12,13)14)8(6)7-4-17-9(16)15-7;/h1-3,7H,4H2,(H,15,16);1H/t7-;/m1./s1. The molecule has 1 atom stereocenters. The van der Waals surface area contributed by atoms with Crippen molar-refractivity contribution in [2.24, 2.45) is 0 Å². The number of carbonyl (C=O) groups excluding carboxylic acids is 1. The van der Waals surface area contributed by atoms with Crippen molar-refractivity contribution in [2.45, 2.75) is 12.2 Å². The summed E-state index contributed by atoms with van der Waals surface area (Å²) >= 11 is 5.76. The quantitative estimate of drug-likeness (QED) is 0.861. The molecule has 1 aromatic rings. The smallest absolute Gasteiger partial charge is 0.416 e. The first-order valence-electron chi connectivity index (χ1n) is 4.68. The Morgan fingerprint density at radius 2 is 2.06 bits per heavy atom. The van der Waals surface area contributed by atoms with Crippen LogP contribution in [0.25, 0.3) is 0 Å². The lowest BCUT2D eigenvalue weighted by Crippen LogP contribution is -2.22. The van der Waals surface area contributed by atoms with E-state index in [2.05, 4.69) is 10.1 Å². The molecule has 18 heavy (non-hydrogen) atoms. The second-order valence-electron chi connectivity index (χ2n) is 3.49. The Kier molecular flexibility index (Phi) is 4.34. The minimum atomic E-state index is -4.52. The maximum absolute atomic E-state index is 12.8. The van der Waals surface area contributed by atoms with Crippen LogP contribution in [0.2, 0.25) is 5.02 Å². The molecule has 3 nitrogen and oxygen atoms in total. The van der Waals surface area contributed by atoms with Gasteiger partial charge in [-0.25, -0.2) is 4.79 Å². The number of amides is 1. The lowest BCUT2D eigenvalue weighted by atomic mass is 10.0.